The molecule has 0 saturated carbocycles. The normalized spacial score (nSPS) is 14.7. The van der Waals surface area contributed by atoms with Crippen molar-refractivity contribution in [3.05, 3.63) is 48.0 Å². The molecule has 1 heteroatoms. The van der Waals surface area contributed by atoms with Crippen LogP contribution in [0, 0.1) is 11.8 Å². The largest absolute Gasteiger partial charge is 0.310 e. The van der Waals surface area contributed by atoms with Crippen LogP contribution in [-0.4, -0.2) is 6.54 Å². The van der Waals surface area contributed by atoms with E-state index < -0.39 is 0 Å². The quantitative estimate of drug-likeness (QED) is 0.762. The second-order valence-electron chi connectivity index (χ2n) is 6.10. The van der Waals surface area contributed by atoms with Crippen molar-refractivity contribution in [3.63, 3.8) is 0 Å². The molecule has 0 heterocycles. The SMILES string of the molecule is CCCNC(c1cccc2ccccc12)C(C)C(C)C. The van der Waals surface area contributed by atoms with Crippen LogP contribution in [0.25, 0.3) is 10.8 Å². The highest BCUT2D eigenvalue weighted by Gasteiger charge is 2.22. The molecule has 0 aliphatic heterocycles. The molecular formula is C19H27N. The molecule has 0 aromatic heterocycles. The van der Waals surface area contributed by atoms with Crippen LogP contribution in [0.4, 0.5) is 0 Å². The van der Waals surface area contributed by atoms with Gasteiger partial charge in [0.05, 0.1) is 0 Å². The van der Waals surface area contributed by atoms with Gasteiger partial charge in [-0.1, -0.05) is 70.2 Å². The van der Waals surface area contributed by atoms with Crippen LogP contribution in [0.3, 0.4) is 0 Å². The molecule has 0 aliphatic rings. The van der Waals surface area contributed by atoms with Crippen LogP contribution in [0.15, 0.2) is 42.5 Å². The molecule has 0 fully saturated rings. The van der Waals surface area contributed by atoms with Gasteiger partial charge in [0.2, 0.25) is 0 Å². The summed E-state index contributed by atoms with van der Waals surface area (Å²) in [5.41, 5.74) is 1.44. The van der Waals surface area contributed by atoms with Gasteiger partial charge in [0.1, 0.15) is 0 Å². The number of rotatable bonds is 6. The zero-order valence-electron chi connectivity index (χ0n) is 13.2. The molecule has 0 spiro atoms. The molecule has 2 unspecified atom stereocenters. The first kappa shape index (κ1) is 15.1. The summed E-state index contributed by atoms with van der Waals surface area (Å²) >= 11 is 0. The van der Waals surface area contributed by atoms with E-state index in [-0.39, 0.29) is 0 Å². The summed E-state index contributed by atoms with van der Waals surface area (Å²) in [5, 5.41) is 6.48. The molecule has 0 amide bonds. The maximum atomic E-state index is 3.76. The molecular weight excluding hydrogens is 242 g/mol. The van der Waals surface area contributed by atoms with E-state index in [4.69, 9.17) is 0 Å². The Hall–Kier alpha value is -1.34. The Bertz CT molecular complexity index is 539. The van der Waals surface area contributed by atoms with Gasteiger partial charge in [-0.15, -0.1) is 0 Å². The number of benzene rings is 2. The molecule has 0 radical (unpaired) electrons. The van der Waals surface area contributed by atoms with Gasteiger partial charge in [-0.25, -0.2) is 0 Å². The third-order valence-corrected chi connectivity index (χ3v) is 4.35. The second-order valence-corrected chi connectivity index (χ2v) is 6.10. The first-order chi connectivity index (χ1) is 9.65. The van der Waals surface area contributed by atoms with E-state index in [1.807, 2.05) is 0 Å². The van der Waals surface area contributed by atoms with E-state index in [1.165, 1.54) is 22.8 Å². The smallest absolute Gasteiger partial charge is 0.0354 e. The van der Waals surface area contributed by atoms with Crippen LogP contribution in [-0.2, 0) is 0 Å². The summed E-state index contributed by atoms with van der Waals surface area (Å²) in [7, 11) is 0. The minimum absolute atomic E-state index is 0.432. The zero-order chi connectivity index (χ0) is 14.5. The molecule has 1 N–H and O–H groups in total. The molecule has 1 nitrogen and oxygen atoms in total. The Kier molecular flexibility index (Phi) is 5.19. The van der Waals surface area contributed by atoms with Crippen molar-refractivity contribution >= 4 is 10.8 Å². The van der Waals surface area contributed by atoms with Crippen molar-refractivity contribution in [3.8, 4) is 0 Å². The van der Waals surface area contributed by atoms with Crippen LogP contribution >= 0.6 is 0 Å². The molecule has 0 aliphatic carbocycles. The summed E-state index contributed by atoms with van der Waals surface area (Å²) in [6.45, 7) is 10.3. The summed E-state index contributed by atoms with van der Waals surface area (Å²) in [6, 6.07) is 15.8. The van der Waals surface area contributed by atoms with Gasteiger partial charge < -0.3 is 5.32 Å². The van der Waals surface area contributed by atoms with Gasteiger partial charge in [-0.3, -0.25) is 0 Å². The van der Waals surface area contributed by atoms with Crippen LogP contribution in [0.1, 0.15) is 45.7 Å². The predicted octanol–water partition coefficient (Wildman–Crippen LogP) is 5.17. The fourth-order valence-electron chi connectivity index (χ4n) is 2.79. The zero-order valence-corrected chi connectivity index (χ0v) is 13.2. The third-order valence-electron chi connectivity index (χ3n) is 4.35. The molecule has 2 aromatic carbocycles. The van der Waals surface area contributed by atoms with E-state index in [1.54, 1.807) is 0 Å². The van der Waals surface area contributed by atoms with E-state index in [0.717, 1.165) is 6.54 Å². The standard InChI is InChI=1S/C19H27N/c1-5-13-20-19(15(4)14(2)3)18-12-8-10-16-9-6-7-11-17(16)18/h6-12,14-15,19-20H,5,13H2,1-4H3. The average molecular weight is 269 g/mol. The monoisotopic (exact) mass is 269 g/mol. The van der Waals surface area contributed by atoms with Crippen LogP contribution in [0.2, 0.25) is 0 Å². The summed E-state index contributed by atoms with van der Waals surface area (Å²) in [6.07, 6.45) is 1.17. The maximum absolute atomic E-state index is 3.76. The Morgan fingerprint density at radius 3 is 2.35 bits per heavy atom. The minimum Gasteiger partial charge on any atom is -0.310 e. The number of fused-ring (bicyclic) bond motifs is 1. The van der Waals surface area contributed by atoms with Crippen molar-refractivity contribution in [1.29, 1.82) is 0 Å². The topological polar surface area (TPSA) is 12.0 Å². The number of hydrogen-bond donors (Lipinski definition) is 1. The summed E-state index contributed by atoms with van der Waals surface area (Å²) < 4.78 is 0. The highest BCUT2D eigenvalue weighted by molar-refractivity contribution is 5.86. The van der Waals surface area contributed by atoms with Gasteiger partial charge in [-0.2, -0.15) is 0 Å². The molecule has 0 bridgehead atoms. The summed E-state index contributed by atoms with van der Waals surface area (Å²) in [4.78, 5) is 0. The second kappa shape index (κ2) is 6.90. The Balaban J connectivity index is 2.44. The van der Waals surface area contributed by atoms with Crippen molar-refractivity contribution in [2.24, 2.45) is 11.8 Å². The van der Waals surface area contributed by atoms with Crippen molar-refractivity contribution in [2.75, 3.05) is 6.54 Å². The van der Waals surface area contributed by atoms with Gasteiger partial charge in [0.25, 0.3) is 0 Å². The predicted molar refractivity (Wildman–Crippen MR) is 89.0 cm³/mol. The third kappa shape index (κ3) is 3.21. The van der Waals surface area contributed by atoms with E-state index >= 15 is 0 Å². The summed E-state index contributed by atoms with van der Waals surface area (Å²) in [5.74, 6) is 1.29. The maximum Gasteiger partial charge on any atom is 0.0354 e. The van der Waals surface area contributed by atoms with Gasteiger partial charge in [0.15, 0.2) is 0 Å². The van der Waals surface area contributed by atoms with Crippen LogP contribution < -0.4 is 5.32 Å². The highest BCUT2D eigenvalue weighted by atomic mass is 14.9. The first-order valence-corrected chi connectivity index (χ1v) is 7.86. The lowest BCUT2D eigenvalue weighted by atomic mass is 9.84. The Morgan fingerprint density at radius 2 is 1.65 bits per heavy atom. The van der Waals surface area contributed by atoms with Gasteiger partial charge in [0, 0.05) is 6.04 Å². The molecule has 0 saturated heterocycles. The molecule has 108 valence electrons. The van der Waals surface area contributed by atoms with E-state index in [9.17, 15) is 0 Å². The molecule has 2 rings (SSSR count). The number of nitrogens with one attached hydrogen (secondary N) is 1. The van der Waals surface area contributed by atoms with Crippen LogP contribution in [0.5, 0.6) is 0 Å². The lowest BCUT2D eigenvalue weighted by molar-refractivity contribution is 0.305. The van der Waals surface area contributed by atoms with E-state index in [0.29, 0.717) is 17.9 Å². The molecule has 20 heavy (non-hydrogen) atoms. The lowest BCUT2D eigenvalue weighted by Crippen LogP contribution is -2.30. The van der Waals surface area contributed by atoms with Crippen molar-refractivity contribution in [2.45, 2.75) is 40.2 Å². The Morgan fingerprint density at radius 1 is 0.950 bits per heavy atom. The highest BCUT2D eigenvalue weighted by Crippen LogP contribution is 2.32. The average Bonchev–Trinajstić information content (AvgIpc) is 2.47. The minimum atomic E-state index is 0.432. The first-order valence-electron chi connectivity index (χ1n) is 7.86. The molecule has 2 aromatic rings. The molecule has 2 atom stereocenters. The Labute approximate surface area is 123 Å². The van der Waals surface area contributed by atoms with Gasteiger partial charge in [-0.05, 0) is 41.1 Å². The van der Waals surface area contributed by atoms with Crippen molar-refractivity contribution in [1.82, 2.24) is 5.32 Å². The fraction of sp³-hybridized carbons (Fsp3) is 0.474. The van der Waals surface area contributed by atoms with Gasteiger partial charge >= 0.3 is 0 Å². The number of hydrogen-bond acceptors (Lipinski definition) is 1. The fourth-order valence-corrected chi connectivity index (χ4v) is 2.79. The van der Waals surface area contributed by atoms with E-state index in [2.05, 4.69) is 75.5 Å². The van der Waals surface area contributed by atoms with Crippen molar-refractivity contribution < 1.29 is 0 Å². The lowest BCUT2D eigenvalue weighted by Gasteiger charge is -2.29.